The average molecular weight is 292 g/mol. The van der Waals surface area contributed by atoms with E-state index in [1.54, 1.807) is 0 Å². The zero-order chi connectivity index (χ0) is 15.4. The molecule has 0 atom stereocenters. The number of hydrogen-bond acceptors (Lipinski definition) is 2. The monoisotopic (exact) mass is 292 g/mol. The van der Waals surface area contributed by atoms with E-state index in [2.05, 4.69) is 53.8 Å². The van der Waals surface area contributed by atoms with E-state index < -0.39 is 0 Å². The van der Waals surface area contributed by atoms with E-state index in [1.807, 2.05) is 18.2 Å². The molecular weight excluding hydrogens is 272 g/mol. The maximum atomic E-state index is 11.8. The summed E-state index contributed by atoms with van der Waals surface area (Å²) in [6, 6.07) is 18.4. The van der Waals surface area contributed by atoms with E-state index >= 15 is 0 Å². The summed E-state index contributed by atoms with van der Waals surface area (Å²) < 4.78 is 0. The second-order valence-corrected chi connectivity index (χ2v) is 5.84. The molecule has 0 heterocycles. The summed E-state index contributed by atoms with van der Waals surface area (Å²) in [4.78, 5) is 11.8. The number of aryl methyl sites for hydroxylation is 1. The molecule has 112 valence electrons. The highest BCUT2D eigenvalue weighted by Gasteiger charge is 2.29. The molecule has 0 bridgehead atoms. The minimum Gasteiger partial charge on any atom is -0.273 e. The van der Waals surface area contributed by atoms with Crippen LogP contribution in [-0.2, 0) is 11.2 Å². The Bertz CT molecular complexity index is 670. The summed E-state index contributed by atoms with van der Waals surface area (Å²) in [5, 5.41) is 4.40. The quantitative estimate of drug-likeness (QED) is 0.665. The highest BCUT2D eigenvalue weighted by molar-refractivity contribution is 6.02. The number of carbonyl (C=O) groups is 1. The predicted molar refractivity (Wildman–Crippen MR) is 88.7 cm³/mol. The molecule has 22 heavy (non-hydrogen) atoms. The van der Waals surface area contributed by atoms with Crippen LogP contribution in [0.1, 0.15) is 29.5 Å². The topological polar surface area (TPSA) is 41.5 Å². The van der Waals surface area contributed by atoms with Gasteiger partial charge in [0.05, 0.1) is 5.71 Å². The van der Waals surface area contributed by atoms with Gasteiger partial charge in [0, 0.05) is 12.3 Å². The third kappa shape index (κ3) is 3.82. The fourth-order valence-corrected chi connectivity index (χ4v) is 2.30. The van der Waals surface area contributed by atoms with Crippen LogP contribution in [0.2, 0.25) is 0 Å². The number of carbonyl (C=O) groups excluding carboxylic acids is 1. The average Bonchev–Trinajstić information content (AvgIpc) is 3.38. The van der Waals surface area contributed by atoms with Crippen LogP contribution in [0.3, 0.4) is 0 Å². The van der Waals surface area contributed by atoms with E-state index in [1.165, 1.54) is 11.1 Å². The van der Waals surface area contributed by atoms with Crippen molar-refractivity contribution in [3.05, 3.63) is 71.3 Å². The van der Waals surface area contributed by atoms with Crippen LogP contribution < -0.4 is 5.43 Å². The predicted octanol–water partition coefficient (Wildman–Crippen LogP) is 3.47. The lowest BCUT2D eigenvalue weighted by molar-refractivity contribution is -0.122. The van der Waals surface area contributed by atoms with Crippen LogP contribution in [0.5, 0.6) is 0 Å². The van der Waals surface area contributed by atoms with Gasteiger partial charge in [0.15, 0.2) is 0 Å². The molecule has 0 spiro atoms. The van der Waals surface area contributed by atoms with Crippen molar-refractivity contribution < 1.29 is 4.79 Å². The molecule has 1 amide bonds. The van der Waals surface area contributed by atoms with Crippen molar-refractivity contribution in [2.24, 2.45) is 11.0 Å². The normalized spacial score (nSPS) is 14.7. The van der Waals surface area contributed by atoms with Crippen molar-refractivity contribution in [2.45, 2.75) is 26.2 Å². The second kappa shape index (κ2) is 6.56. The summed E-state index contributed by atoms with van der Waals surface area (Å²) in [6.45, 7) is 2.06. The minimum atomic E-state index is 0.0395. The maximum Gasteiger partial charge on any atom is 0.243 e. The largest absolute Gasteiger partial charge is 0.273 e. The van der Waals surface area contributed by atoms with E-state index in [0.717, 1.165) is 24.1 Å². The fraction of sp³-hybridized carbons (Fsp3) is 0.263. The highest BCUT2D eigenvalue weighted by atomic mass is 16.2. The van der Waals surface area contributed by atoms with E-state index in [9.17, 15) is 4.79 Å². The van der Waals surface area contributed by atoms with Gasteiger partial charge < -0.3 is 0 Å². The molecule has 1 aliphatic carbocycles. The Morgan fingerprint density at radius 3 is 2.41 bits per heavy atom. The number of amides is 1. The standard InChI is InChI=1S/C19H20N2O/c1-14-7-9-16(10-8-14)18(13-15-5-3-2-4-6-15)20-21-19(22)17-11-12-17/h2-10,17H,11-13H2,1H3,(H,21,22)/b20-18+. The lowest BCUT2D eigenvalue weighted by Crippen LogP contribution is -2.22. The van der Waals surface area contributed by atoms with Crippen molar-refractivity contribution >= 4 is 11.6 Å². The molecule has 0 radical (unpaired) electrons. The summed E-state index contributed by atoms with van der Waals surface area (Å²) in [5.41, 5.74) is 7.06. The Kier molecular flexibility index (Phi) is 4.33. The Hall–Kier alpha value is -2.42. The van der Waals surface area contributed by atoms with Crippen LogP contribution >= 0.6 is 0 Å². The molecule has 0 unspecified atom stereocenters. The molecule has 3 nitrogen and oxygen atoms in total. The molecule has 2 aromatic rings. The summed E-state index contributed by atoms with van der Waals surface area (Å²) in [7, 11) is 0. The van der Waals surface area contributed by atoms with E-state index in [-0.39, 0.29) is 11.8 Å². The summed E-state index contributed by atoms with van der Waals surface area (Å²) in [5.74, 6) is 0.206. The molecule has 3 heteroatoms. The first kappa shape index (κ1) is 14.5. The van der Waals surface area contributed by atoms with Crippen molar-refractivity contribution in [3.63, 3.8) is 0 Å². The van der Waals surface area contributed by atoms with Gasteiger partial charge in [0.25, 0.3) is 0 Å². The number of rotatable bonds is 5. The molecule has 0 saturated heterocycles. The van der Waals surface area contributed by atoms with Crippen LogP contribution in [-0.4, -0.2) is 11.6 Å². The number of hydrogen-bond donors (Lipinski definition) is 1. The van der Waals surface area contributed by atoms with Crippen LogP contribution in [0, 0.1) is 12.8 Å². The molecule has 1 fully saturated rings. The van der Waals surface area contributed by atoms with Crippen molar-refractivity contribution in [3.8, 4) is 0 Å². The lowest BCUT2D eigenvalue weighted by Gasteiger charge is -2.08. The first-order chi connectivity index (χ1) is 10.7. The van der Waals surface area contributed by atoms with Crippen molar-refractivity contribution in [2.75, 3.05) is 0 Å². The van der Waals surface area contributed by atoms with Crippen LogP contribution in [0.4, 0.5) is 0 Å². The van der Waals surface area contributed by atoms with Crippen molar-refractivity contribution in [1.82, 2.24) is 5.43 Å². The van der Waals surface area contributed by atoms with Gasteiger partial charge in [-0.2, -0.15) is 5.10 Å². The van der Waals surface area contributed by atoms with Gasteiger partial charge in [-0.3, -0.25) is 4.79 Å². The van der Waals surface area contributed by atoms with E-state index in [4.69, 9.17) is 0 Å². The summed E-state index contributed by atoms with van der Waals surface area (Å²) >= 11 is 0. The van der Waals surface area contributed by atoms with Crippen molar-refractivity contribution in [1.29, 1.82) is 0 Å². The second-order valence-electron chi connectivity index (χ2n) is 5.84. The number of nitrogens with one attached hydrogen (secondary N) is 1. The Labute approximate surface area is 131 Å². The zero-order valence-electron chi connectivity index (χ0n) is 12.8. The van der Waals surface area contributed by atoms with Gasteiger partial charge in [-0.25, -0.2) is 5.43 Å². The minimum absolute atomic E-state index is 0.0395. The third-order valence-corrected chi connectivity index (χ3v) is 3.85. The summed E-state index contributed by atoms with van der Waals surface area (Å²) in [6.07, 6.45) is 2.68. The molecule has 1 saturated carbocycles. The lowest BCUT2D eigenvalue weighted by atomic mass is 10.0. The Balaban J connectivity index is 1.82. The highest BCUT2D eigenvalue weighted by Crippen LogP contribution is 2.28. The van der Waals surface area contributed by atoms with Gasteiger partial charge in [-0.15, -0.1) is 0 Å². The molecular formula is C19H20N2O. The number of nitrogens with zero attached hydrogens (tertiary/aromatic N) is 1. The van der Waals surface area contributed by atoms with Gasteiger partial charge in [0.2, 0.25) is 5.91 Å². The molecule has 0 aliphatic heterocycles. The van der Waals surface area contributed by atoms with Crippen LogP contribution in [0.15, 0.2) is 59.7 Å². The van der Waals surface area contributed by atoms with Gasteiger partial charge in [-0.05, 0) is 30.9 Å². The number of benzene rings is 2. The number of hydrazone groups is 1. The molecule has 2 aromatic carbocycles. The first-order valence-electron chi connectivity index (χ1n) is 7.70. The van der Waals surface area contributed by atoms with Gasteiger partial charge in [0.1, 0.15) is 0 Å². The smallest absolute Gasteiger partial charge is 0.243 e. The van der Waals surface area contributed by atoms with E-state index in [0.29, 0.717) is 6.42 Å². The molecule has 1 N–H and O–H groups in total. The van der Waals surface area contributed by atoms with Crippen LogP contribution in [0.25, 0.3) is 0 Å². The molecule has 0 aromatic heterocycles. The zero-order valence-corrected chi connectivity index (χ0v) is 12.8. The maximum absolute atomic E-state index is 11.8. The fourth-order valence-electron chi connectivity index (χ4n) is 2.30. The molecule has 1 aliphatic rings. The van der Waals surface area contributed by atoms with Gasteiger partial charge >= 0.3 is 0 Å². The first-order valence-corrected chi connectivity index (χ1v) is 7.70. The Morgan fingerprint density at radius 2 is 1.77 bits per heavy atom. The van der Waals surface area contributed by atoms with Gasteiger partial charge in [-0.1, -0.05) is 60.2 Å². The molecule has 3 rings (SSSR count). The Morgan fingerprint density at radius 1 is 1.09 bits per heavy atom. The third-order valence-electron chi connectivity index (χ3n) is 3.85. The SMILES string of the molecule is Cc1ccc(/C(Cc2ccccc2)=N/NC(=O)C2CC2)cc1.